The monoisotopic (exact) mass is 206 g/mol. The van der Waals surface area contributed by atoms with Crippen molar-refractivity contribution in [2.24, 2.45) is 5.73 Å². The van der Waals surface area contributed by atoms with E-state index >= 15 is 0 Å². The van der Waals surface area contributed by atoms with Crippen LogP contribution in [0.15, 0.2) is 0 Å². The zero-order valence-electron chi connectivity index (χ0n) is 8.53. The first-order chi connectivity index (χ1) is 6.61. The van der Waals surface area contributed by atoms with E-state index in [-0.39, 0.29) is 12.6 Å². The summed E-state index contributed by atoms with van der Waals surface area (Å²) in [5.74, 6) is -1.02. The number of aliphatic carboxylic acids is 1. The van der Waals surface area contributed by atoms with Crippen LogP contribution >= 0.6 is 0 Å². The van der Waals surface area contributed by atoms with E-state index in [0.717, 1.165) is 0 Å². The predicted molar refractivity (Wildman–Crippen MR) is 51.2 cm³/mol. The van der Waals surface area contributed by atoms with E-state index < -0.39 is 12.0 Å². The SMILES string of the molecule is COCC(CNCC(N)C(=O)O)OC. The molecule has 84 valence electrons. The third-order valence-corrected chi connectivity index (χ3v) is 1.74. The summed E-state index contributed by atoms with van der Waals surface area (Å²) >= 11 is 0. The van der Waals surface area contributed by atoms with Gasteiger partial charge in [-0.2, -0.15) is 0 Å². The second kappa shape index (κ2) is 7.69. The van der Waals surface area contributed by atoms with E-state index in [1.54, 1.807) is 14.2 Å². The van der Waals surface area contributed by atoms with Crippen LogP contribution in [0.1, 0.15) is 0 Å². The molecule has 0 amide bonds. The molecule has 0 heterocycles. The van der Waals surface area contributed by atoms with Crippen LogP contribution in [0.2, 0.25) is 0 Å². The summed E-state index contributed by atoms with van der Waals surface area (Å²) in [5.41, 5.74) is 5.28. The summed E-state index contributed by atoms with van der Waals surface area (Å²) in [4.78, 5) is 10.3. The van der Waals surface area contributed by atoms with Gasteiger partial charge in [0.2, 0.25) is 0 Å². The van der Waals surface area contributed by atoms with Crippen LogP contribution in [0.5, 0.6) is 0 Å². The molecule has 0 aromatic rings. The molecule has 6 heteroatoms. The number of carboxylic acids is 1. The summed E-state index contributed by atoms with van der Waals surface area (Å²) in [7, 11) is 3.15. The molecule has 0 aliphatic heterocycles. The molecule has 2 unspecified atom stereocenters. The number of hydrogen-bond acceptors (Lipinski definition) is 5. The number of carboxylic acid groups (broad SMARTS) is 1. The topological polar surface area (TPSA) is 93.8 Å². The van der Waals surface area contributed by atoms with Gasteiger partial charge < -0.3 is 25.6 Å². The first-order valence-corrected chi connectivity index (χ1v) is 4.32. The van der Waals surface area contributed by atoms with Gasteiger partial charge in [0.1, 0.15) is 6.04 Å². The first-order valence-electron chi connectivity index (χ1n) is 4.32. The predicted octanol–water partition coefficient (Wildman–Crippen LogP) is -1.35. The fraction of sp³-hybridized carbons (Fsp3) is 0.875. The molecule has 0 saturated heterocycles. The Kier molecular flexibility index (Phi) is 7.31. The Labute approximate surface area is 83.4 Å². The molecule has 0 aliphatic rings. The number of rotatable bonds is 8. The van der Waals surface area contributed by atoms with Crippen molar-refractivity contribution >= 4 is 5.97 Å². The number of methoxy groups -OCH3 is 2. The van der Waals surface area contributed by atoms with Gasteiger partial charge in [-0.1, -0.05) is 0 Å². The molecule has 4 N–H and O–H groups in total. The Bertz CT molecular complexity index is 165. The lowest BCUT2D eigenvalue weighted by Crippen LogP contribution is -2.43. The van der Waals surface area contributed by atoms with Crippen molar-refractivity contribution in [2.75, 3.05) is 33.9 Å². The van der Waals surface area contributed by atoms with Crippen LogP contribution in [0, 0.1) is 0 Å². The average Bonchev–Trinajstić information content (AvgIpc) is 2.16. The lowest BCUT2D eigenvalue weighted by molar-refractivity contribution is -0.138. The smallest absolute Gasteiger partial charge is 0.321 e. The van der Waals surface area contributed by atoms with Crippen molar-refractivity contribution in [2.45, 2.75) is 12.1 Å². The highest BCUT2D eigenvalue weighted by Gasteiger charge is 2.12. The fourth-order valence-electron chi connectivity index (χ4n) is 0.883. The minimum absolute atomic E-state index is 0.0824. The summed E-state index contributed by atoms with van der Waals surface area (Å²) < 4.78 is 9.94. The maximum atomic E-state index is 10.3. The minimum atomic E-state index is -1.02. The Morgan fingerprint density at radius 1 is 1.50 bits per heavy atom. The van der Waals surface area contributed by atoms with Gasteiger partial charge in [0.25, 0.3) is 0 Å². The highest BCUT2D eigenvalue weighted by atomic mass is 16.5. The van der Waals surface area contributed by atoms with Crippen LogP contribution < -0.4 is 11.1 Å². The highest BCUT2D eigenvalue weighted by Crippen LogP contribution is 1.88. The van der Waals surface area contributed by atoms with E-state index in [4.69, 9.17) is 20.3 Å². The molecule has 2 atom stereocenters. The first kappa shape index (κ1) is 13.3. The second-order valence-corrected chi connectivity index (χ2v) is 2.92. The van der Waals surface area contributed by atoms with Gasteiger partial charge in [-0.25, -0.2) is 0 Å². The molecule has 6 nitrogen and oxygen atoms in total. The quantitative estimate of drug-likeness (QED) is 0.454. The molecule has 14 heavy (non-hydrogen) atoms. The van der Waals surface area contributed by atoms with E-state index in [1.165, 1.54) is 0 Å². The Hall–Kier alpha value is -0.690. The molecular weight excluding hydrogens is 188 g/mol. The van der Waals surface area contributed by atoms with Crippen LogP contribution in [0.3, 0.4) is 0 Å². The molecule has 0 saturated carbocycles. The lowest BCUT2D eigenvalue weighted by Gasteiger charge is -2.15. The molecule has 0 radical (unpaired) electrons. The van der Waals surface area contributed by atoms with Crippen LogP contribution in [0.4, 0.5) is 0 Å². The number of nitrogens with two attached hydrogens (primary N) is 1. The number of hydrogen-bond donors (Lipinski definition) is 3. The third-order valence-electron chi connectivity index (χ3n) is 1.74. The van der Waals surface area contributed by atoms with Gasteiger partial charge in [-0.15, -0.1) is 0 Å². The zero-order valence-corrected chi connectivity index (χ0v) is 8.53. The maximum Gasteiger partial charge on any atom is 0.321 e. The molecule has 0 aliphatic carbocycles. The molecular formula is C8H18N2O4. The second-order valence-electron chi connectivity index (χ2n) is 2.92. The van der Waals surface area contributed by atoms with Gasteiger partial charge in [0.05, 0.1) is 12.7 Å². The van der Waals surface area contributed by atoms with Crippen molar-refractivity contribution in [3.05, 3.63) is 0 Å². The summed E-state index contributed by atoms with van der Waals surface area (Å²) in [6.07, 6.45) is -0.0824. The van der Waals surface area contributed by atoms with E-state index in [0.29, 0.717) is 13.2 Å². The van der Waals surface area contributed by atoms with E-state index in [9.17, 15) is 4.79 Å². The van der Waals surface area contributed by atoms with Crippen molar-refractivity contribution in [3.63, 3.8) is 0 Å². The minimum Gasteiger partial charge on any atom is -0.480 e. The lowest BCUT2D eigenvalue weighted by atomic mass is 10.3. The van der Waals surface area contributed by atoms with Crippen LogP contribution in [0.25, 0.3) is 0 Å². The van der Waals surface area contributed by atoms with Crippen molar-refractivity contribution < 1.29 is 19.4 Å². The molecule has 0 bridgehead atoms. The average molecular weight is 206 g/mol. The van der Waals surface area contributed by atoms with Gasteiger partial charge >= 0.3 is 5.97 Å². The number of carbonyl (C=O) groups is 1. The number of nitrogens with one attached hydrogen (secondary N) is 1. The van der Waals surface area contributed by atoms with Crippen LogP contribution in [-0.2, 0) is 14.3 Å². The summed E-state index contributed by atoms with van der Waals surface area (Å²) in [6, 6.07) is -0.880. The molecule has 0 aromatic carbocycles. The molecule has 0 fully saturated rings. The van der Waals surface area contributed by atoms with Gasteiger partial charge in [-0.05, 0) is 0 Å². The highest BCUT2D eigenvalue weighted by molar-refractivity contribution is 5.73. The summed E-state index contributed by atoms with van der Waals surface area (Å²) in [6.45, 7) is 1.20. The Morgan fingerprint density at radius 2 is 2.14 bits per heavy atom. The third kappa shape index (κ3) is 5.87. The standard InChI is InChI=1S/C8H18N2O4/c1-13-5-6(14-2)3-10-4-7(9)8(11)12/h6-7,10H,3-5,9H2,1-2H3,(H,11,12). The largest absolute Gasteiger partial charge is 0.480 e. The summed E-state index contributed by atoms with van der Waals surface area (Å²) in [5, 5.41) is 11.4. The Morgan fingerprint density at radius 3 is 2.57 bits per heavy atom. The number of ether oxygens (including phenoxy) is 2. The normalized spacial score (nSPS) is 15.1. The van der Waals surface area contributed by atoms with Gasteiger partial charge in [-0.3, -0.25) is 4.79 Å². The van der Waals surface area contributed by atoms with Crippen molar-refractivity contribution in [1.82, 2.24) is 5.32 Å². The van der Waals surface area contributed by atoms with E-state index in [2.05, 4.69) is 5.32 Å². The molecule has 0 aromatic heterocycles. The molecule has 0 rings (SSSR count). The fourth-order valence-corrected chi connectivity index (χ4v) is 0.883. The van der Waals surface area contributed by atoms with Crippen molar-refractivity contribution in [1.29, 1.82) is 0 Å². The van der Waals surface area contributed by atoms with Crippen molar-refractivity contribution in [3.8, 4) is 0 Å². The zero-order chi connectivity index (χ0) is 11.0. The maximum absolute atomic E-state index is 10.3. The molecule has 0 spiro atoms. The van der Waals surface area contributed by atoms with Gasteiger partial charge in [0.15, 0.2) is 0 Å². The van der Waals surface area contributed by atoms with Crippen LogP contribution in [-0.4, -0.2) is 57.1 Å². The van der Waals surface area contributed by atoms with Gasteiger partial charge in [0, 0.05) is 27.3 Å². The Balaban J connectivity index is 3.55. The van der Waals surface area contributed by atoms with E-state index in [1.807, 2.05) is 0 Å².